The van der Waals surface area contributed by atoms with Gasteiger partial charge in [-0.05, 0) is 6.92 Å². The zero-order valence-electron chi connectivity index (χ0n) is 8.94. The zero-order chi connectivity index (χ0) is 12.1. The topological polar surface area (TPSA) is 72.0 Å². The van der Waals surface area contributed by atoms with Gasteiger partial charge in [-0.15, -0.1) is 0 Å². The van der Waals surface area contributed by atoms with Gasteiger partial charge >= 0.3 is 0 Å². The Morgan fingerprint density at radius 3 is 2.75 bits per heavy atom. The van der Waals surface area contributed by atoms with Crippen LogP contribution in [0.5, 0.6) is 0 Å². The summed E-state index contributed by atoms with van der Waals surface area (Å²) in [4.78, 5) is 19.1. The molecule has 0 aromatic carbocycles. The summed E-state index contributed by atoms with van der Waals surface area (Å²) in [5.41, 5.74) is 0.193. The highest BCUT2D eigenvalue weighted by atomic mass is 35.5. The highest BCUT2D eigenvalue weighted by Crippen LogP contribution is 2.01. The average Bonchev–Trinajstić information content (AvgIpc) is 2.26. The molecule has 7 heteroatoms. The third-order valence-corrected chi connectivity index (χ3v) is 3.46. The number of halogens is 1. The Hall–Kier alpha value is -1.01. The predicted molar refractivity (Wildman–Crippen MR) is 62.9 cm³/mol. The van der Waals surface area contributed by atoms with E-state index in [4.69, 9.17) is 11.6 Å². The zero-order valence-corrected chi connectivity index (χ0v) is 10.5. The van der Waals surface area contributed by atoms with Crippen molar-refractivity contribution in [2.45, 2.75) is 12.2 Å². The SMILES string of the molecule is CC(CNC(=O)c1cnc(Cl)cn1)S(C)=O. The minimum Gasteiger partial charge on any atom is -0.349 e. The van der Waals surface area contributed by atoms with Crippen LogP contribution in [0.15, 0.2) is 12.4 Å². The Kier molecular flexibility index (Phi) is 4.82. The van der Waals surface area contributed by atoms with Gasteiger partial charge in [-0.3, -0.25) is 9.00 Å². The second-order valence-corrected chi connectivity index (χ2v) is 5.43. The molecule has 0 radical (unpaired) electrons. The number of nitrogens with one attached hydrogen (secondary N) is 1. The Morgan fingerprint density at radius 2 is 2.25 bits per heavy atom. The molecule has 1 amide bonds. The molecule has 0 fully saturated rings. The molecule has 2 unspecified atom stereocenters. The summed E-state index contributed by atoms with van der Waals surface area (Å²) in [5.74, 6) is -0.346. The Labute approximate surface area is 101 Å². The second kappa shape index (κ2) is 5.91. The van der Waals surface area contributed by atoms with Crippen LogP contribution in [0.3, 0.4) is 0 Å². The molecule has 0 aliphatic heterocycles. The van der Waals surface area contributed by atoms with E-state index in [1.54, 1.807) is 13.2 Å². The maximum Gasteiger partial charge on any atom is 0.271 e. The maximum absolute atomic E-state index is 11.5. The summed E-state index contributed by atoms with van der Waals surface area (Å²) >= 11 is 5.54. The molecule has 1 aromatic heterocycles. The van der Waals surface area contributed by atoms with Crippen LogP contribution in [0.1, 0.15) is 17.4 Å². The van der Waals surface area contributed by atoms with Crippen molar-refractivity contribution in [3.05, 3.63) is 23.2 Å². The van der Waals surface area contributed by atoms with Gasteiger partial charge in [-0.1, -0.05) is 11.6 Å². The van der Waals surface area contributed by atoms with Crippen LogP contribution in [-0.2, 0) is 10.8 Å². The fraction of sp³-hybridized carbons (Fsp3) is 0.444. The smallest absolute Gasteiger partial charge is 0.271 e. The fourth-order valence-electron chi connectivity index (χ4n) is 0.874. The number of carbonyl (C=O) groups excluding carboxylic acids is 1. The molecule has 0 aliphatic carbocycles. The second-order valence-electron chi connectivity index (χ2n) is 3.24. The standard InChI is InChI=1S/C9H12ClN3O2S/c1-6(16(2)15)3-13-9(14)7-4-12-8(10)5-11-7/h4-6H,3H2,1-2H3,(H,13,14). The van der Waals surface area contributed by atoms with E-state index in [1.165, 1.54) is 12.4 Å². The third-order valence-electron chi connectivity index (χ3n) is 1.97. The van der Waals surface area contributed by atoms with Crippen molar-refractivity contribution in [1.29, 1.82) is 0 Å². The van der Waals surface area contributed by atoms with E-state index < -0.39 is 10.8 Å². The minimum atomic E-state index is -0.959. The molecule has 0 saturated heterocycles. The summed E-state index contributed by atoms with van der Waals surface area (Å²) in [6.45, 7) is 2.14. The molecule has 5 nitrogen and oxygen atoms in total. The summed E-state index contributed by atoms with van der Waals surface area (Å²) < 4.78 is 11.1. The van der Waals surface area contributed by atoms with Gasteiger partial charge in [0.15, 0.2) is 0 Å². The van der Waals surface area contributed by atoms with Gasteiger partial charge in [0.05, 0.1) is 12.4 Å². The molecule has 1 heterocycles. The van der Waals surface area contributed by atoms with E-state index in [-0.39, 0.29) is 22.0 Å². The Bertz CT molecular complexity index is 396. The number of rotatable bonds is 4. The van der Waals surface area contributed by atoms with Crippen molar-refractivity contribution in [3.63, 3.8) is 0 Å². The van der Waals surface area contributed by atoms with E-state index in [0.29, 0.717) is 6.54 Å². The fourth-order valence-corrected chi connectivity index (χ4v) is 1.29. The number of hydrogen-bond donors (Lipinski definition) is 1. The average molecular weight is 262 g/mol. The molecule has 88 valence electrons. The summed E-state index contributed by atoms with van der Waals surface area (Å²) in [6.07, 6.45) is 4.20. The quantitative estimate of drug-likeness (QED) is 0.863. The largest absolute Gasteiger partial charge is 0.349 e. The molecule has 0 bridgehead atoms. The summed E-state index contributed by atoms with van der Waals surface area (Å²) in [5, 5.41) is 2.76. The molecule has 1 rings (SSSR count). The van der Waals surface area contributed by atoms with Crippen molar-refractivity contribution in [1.82, 2.24) is 15.3 Å². The van der Waals surface area contributed by atoms with Crippen LogP contribution in [0, 0.1) is 0 Å². The Morgan fingerprint density at radius 1 is 1.56 bits per heavy atom. The first-order chi connectivity index (χ1) is 7.50. The van der Waals surface area contributed by atoms with Crippen LogP contribution < -0.4 is 5.32 Å². The van der Waals surface area contributed by atoms with Crippen LogP contribution in [0.25, 0.3) is 0 Å². The number of nitrogens with zero attached hydrogens (tertiary/aromatic N) is 2. The summed E-state index contributed by atoms with van der Waals surface area (Å²) in [6, 6.07) is 0. The van der Waals surface area contributed by atoms with Gasteiger partial charge in [0.2, 0.25) is 0 Å². The van der Waals surface area contributed by atoms with E-state index in [1.807, 2.05) is 0 Å². The number of hydrogen-bond acceptors (Lipinski definition) is 4. The number of amides is 1. The lowest BCUT2D eigenvalue weighted by Crippen LogP contribution is -2.33. The van der Waals surface area contributed by atoms with E-state index >= 15 is 0 Å². The molecule has 0 spiro atoms. The first-order valence-electron chi connectivity index (χ1n) is 4.58. The monoisotopic (exact) mass is 261 g/mol. The predicted octanol–water partition coefficient (Wildman–Crippen LogP) is 0.627. The lowest BCUT2D eigenvalue weighted by Gasteiger charge is -2.09. The highest BCUT2D eigenvalue weighted by molar-refractivity contribution is 7.84. The highest BCUT2D eigenvalue weighted by Gasteiger charge is 2.11. The van der Waals surface area contributed by atoms with E-state index in [0.717, 1.165) is 0 Å². The van der Waals surface area contributed by atoms with Gasteiger partial charge in [-0.25, -0.2) is 9.97 Å². The number of carbonyl (C=O) groups is 1. The molecule has 0 saturated carbocycles. The van der Waals surface area contributed by atoms with Crippen molar-refractivity contribution in [3.8, 4) is 0 Å². The summed E-state index contributed by atoms with van der Waals surface area (Å²) in [7, 11) is -0.959. The van der Waals surface area contributed by atoms with Gasteiger partial charge in [0, 0.05) is 28.9 Å². The lowest BCUT2D eigenvalue weighted by molar-refractivity contribution is 0.0948. The van der Waals surface area contributed by atoms with Gasteiger partial charge in [0.25, 0.3) is 5.91 Å². The van der Waals surface area contributed by atoms with Crippen molar-refractivity contribution in [2.24, 2.45) is 0 Å². The van der Waals surface area contributed by atoms with Crippen LogP contribution >= 0.6 is 11.6 Å². The van der Waals surface area contributed by atoms with Crippen molar-refractivity contribution in [2.75, 3.05) is 12.8 Å². The normalized spacial score (nSPS) is 14.2. The molecular formula is C9H12ClN3O2S. The molecule has 16 heavy (non-hydrogen) atoms. The van der Waals surface area contributed by atoms with Crippen LogP contribution in [-0.4, -0.2) is 38.1 Å². The van der Waals surface area contributed by atoms with Gasteiger partial charge < -0.3 is 5.32 Å². The van der Waals surface area contributed by atoms with Crippen molar-refractivity contribution < 1.29 is 9.00 Å². The molecular weight excluding hydrogens is 250 g/mol. The molecule has 2 atom stereocenters. The Balaban J connectivity index is 2.53. The van der Waals surface area contributed by atoms with Crippen LogP contribution in [0.4, 0.5) is 0 Å². The third kappa shape index (κ3) is 3.86. The molecule has 0 aliphatic rings. The first-order valence-corrected chi connectivity index (χ1v) is 6.58. The first kappa shape index (κ1) is 13.1. The maximum atomic E-state index is 11.5. The lowest BCUT2D eigenvalue weighted by atomic mass is 10.4. The van der Waals surface area contributed by atoms with E-state index in [9.17, 15) is 9.00 Å². The van der Waals surface area contributed by atoms with E-state index in [2.05, 4.69) is 15.3 Å². The van der Waals surface area contributed by atoms with Crippen molar-refractivity contribution >= 4 is 28.3 Å². The molecule has 1 N–H and O–H groups in total. The number of aromatic nitrogens is 2. The van der Waals surface area contributed by atoms with Crippen LogP contribution in [0.2, 0.25) is 5.15 Å². The minimum absolute atomic E-state index is 0.0933. The molecule has 1 aromatic rings. The van der Waals surface area contributed by atoms with Gasteiger partial charge in [0.1, 0.15) is 10.8 Å². The van der Waals surface area contributed by atoms with Gasteiger partial charge in [-0.2, -0.15) is 0 Å².